The Hall–Kier alpha value is -1.89. The van der Waals surface area contributed by atoms with E-state index >= 15 is 0 Å². The molecule has 2 heterocycles. The molecule has 0 bridgehead atoms. The van der Waals surface area contributed by atoms with E-state index in [9.17, 15) is 4.79 Å². The first-order chi connectivity index (χ1) is 12.2. The number of benzene rings is 1. The third kappa shape index (κ3) is 5.56. The molecule has 2 aromatic rings. The Bertz CT molecular complexity index is 669. The monoisotopic (exact) mass is 361 g/mol. The number of hydrogen-bond acceptors (Lipinski definition) is 4. The van der Waals surface area contributed by atoms with E-state index in [-0.39, 0.29) is 12.0 Å². The number of anilines is 1. The highest BCUT2D eigenvalue weighted by atomic mass is 32.1. The van der Waals surface area contributed by atoms with Crippen molar-refractivity contribution in [3.63, 3.8) is 0 Å². The summed E-state index contributed by atoms with van der Waals surface area (Å²) in [6, 6.07) is 11.6. The number of rotatable bonds is 8. The zero-order valence-electron chi connectivity index (χ0n) is 14.5. The van der Waals surface area contributed by atoms with Gasteiger partial charge in [0, 0.05) is 18.4 Å². The minimum Gasteiger partial charge on any atom is -0.497 e. The van der Waals surface area contributed by atoms with Gasteiger partial charge in [0.1, 0.15) is 24.9 Å². The quantitative estimate of drug-likeness (QED) is 0.756. The van der Waals surface area contributed by atoms with Gasteiger partial charge in [-0.05, 0) is 36.4 Å². The van der Waals surface area contributed by atoms with Crippen molar-refractivity contribution in [2.24, 2.45) is 0 Å². The SMILES string of the molecule is COc1cccc(NC(=O)C[NH+](Cc2cccs2)C[C@@H]2CCCO2)c1. The number of methoxy groups -OCH3 is 1. The molecule has 1 aromatic carbocycles. The van der Waals surface area contributed by atoms with Gasteiger partial charge in [0.15, 0.2) is 6.54 Å². The average molecular weight is 361 g/mol. The number of hydrogen-bond donors (Lipinski definition) is 2. The van der Waals surface area contributed by atoms with Crippen LogP contribution in [0.4, 0.5) is 5.69 Å². The van der Waals surface area contributed by atoms with Crippen LogP contribution < -0.4 is 15.0 Å². The number of carbonyl (C=O) groups excluding carboxylic acids is 1. The summed E-state index contributed by atoms with van der Waals surface area (Å²) < 4.78 is 11.0. The summed E-state index contributed by atoms with van der Waals surface area (Å²) in [4.78, 5) is 15.0. The average Bonchev–Trinajstić information content (AvgIpc) is 3.29. The summed E-state index contributed by atoms with van der Waals surface area (Å²) in [5.41, 5.74) is 0.761. The largest absolute Gasteiger partial charge is 0.497 e. The Labute approximate surface area is 152 Å². The lowest BCUT2D eigenvalue weighted by Crippen LogP contribution is -3.12. The van der Waals surface area contributed by atoms with Crippen molar-refractivity contribution < 1.29 is 19.2 Å². The van der Waals surface area contributed by atoms with Gasteiger partial charge in [-0.3, -0.25) is 4.79 Å². The van der Waals surface area contributed by atoms with Crippen molar-refractivity contribution in [2.45, 2.75) is 25.5 Å². The highest BCUT2D eigenvalue weighted by molar-refractivity contribution is 7.09. The molecule has 2 atom stereocenters. The molecule has 25 heavy (non-hydrogen) atoms. The van der Waals surface area contributed by atoms with Crippen LogP contribution in [0.1, 0.15) is 17.7 Å². The first-order valence-corrected chi connectivity index (χ1v) is 9.52. The molecule has 2 N–H and O–H groups in total. The maximum Gasteiger partial charge on any atom is 0.279 e. The molecule has 1 aliphatic heterocycles. The van der Waals surface area contributed by atoms with Crippen molar-refractivity contribution >= 4 is 22.9 Å². The van der Waals surface area contributed by atoms with E-state index in [1.165, 1.54) is 9.78 Å². The van der Waals surface area contributed by atoms with E-state index in [0.717, 1.165) is 44.0 Å². The van der Waals surface area contributed by atoms with E-state index in [1.54, 1.807) is 18.4 Å². The van der Waals surface area contributed by atoms with Crippen molar-refractivity contribution in [3.05, 3.63) is 46.7 Å². The number of thiophene rings is 1. The second-order valence-corrected chi connectivity index (χ2v) is 7.33. The van der Waals surface area contributed by atoms with Crippen LogP contribution in [0.5, 0.6) is 5.75 Å². The summed E-state index contributed by atoms with van der Waals surface area (Å²) in [5.74, 6) is 0.748. The molecule has 0 spiro atoms. The first-order valence-electron chi connectivity index (χ1n) is 8.64. The van der Waals surface area contributed by atoms with E-state index < -0.39 is 0 Å². The minimum absolute atomic E-state index is 0.0119. The zero-order valence-corrected chi connectivity index (χ0v) is 15.3. The van der Waals surface area contributed by atoms with Gasteiger partial charge in [-0.1, -0.05) is 12.1 Å². The minimum atomic E-state index is 0.0119. The fourth-order valence-corrected chi connectivity index (χ4v) is 3.90. The molecule has 1 saturated heterocycles. The van der Waals surface area contributed by atoms with Crippen molar-refractivity contribution in [3.8, 4) is 5.75 Å². The molecule has 1 amide bonds. The Morgan fingerprint density at radius 1 is 1.40 bits per heavy atom. The summed E-state index contributed by atoms with van der Waals surface area (Å²) in [6.07, 6.45) is 2.47. The molecular weight excluding hydrogens is 336 g/mol. The van der Waals surface area contributed by atoms with Gasteiger partial charge in [0.05, 0.1) is 12.0 Å². The van der Waals surface area contributed by atoms with E-state index in [4.69, 9.17) is 9.47 Å². The standard InChI is InChI=1S/C19H24N2O3S/c1-23-16-6-2-5-15(11-16)20-19(22)14-21(12-17-7-3-9-24-17)13-18-8-4-10-25-18/h2,4-6,8,10-11,17H,3,7,9,12-14H2,1H3,(H,20,22)/p+1/t17-/m0/s1. The first kappa shape index (κ1) is 17.9. The highest BCUT2D eigenvalue weighted by Crippen LogP contribution is 2.16. The third-order valence-electron chi connectivity index (χ3n) is 4.31. The van der Waals surface area contributed by atoms with Gasteiger partial charge in [0.25, 0.3) is 5.91 Å². The number of quaternary nitrogens is 1. The highest BCUT2D eigenvalue weighted by Gasteiger charge is 2.24. The van der Waals surface area contributed by atoms with Gasteiger partial charge < -0.3 is 19.7 Å². The van der Waals surface area contributed by atoms with Crippen LogP contribution in [0.15, 0.2) is 41.8 Å². The fourth-order valence-electron chi connectivity index (χ4n) is 3.13. The van der Waals surface area contributed by atoms with Gasteiger partial charge >= 0.3 is 0 Å². The van der Waals surface area contributed by atoms with Gasteiger partial charge in [0.2, 0.25) is 0 Å². The predicted octanol–water partition coefficient (Wildman–Crippen LogP) is 1.96. The van der Waals surface area contributed by atoms with Crippen molar-refractivity contribution in [1.29, 1.82) is 0 Å². The lowest BCUT2D eigenvalue weighted by molar-refractivity contribution is -0.908. The normalized spacial score (nSPS) is 18.0. The van der Waals surface area contributed by atoms with Crippen molar-refractivity contribution in [1.82, 2.24) is 0 Å². The van der Waals surface area contributed by atoms with Gasteiger partial charge in [-0.25, -0.2) is 0 Å². The lowest BCUT2D eigenvalue weighted by atomic mass is 10.2. The summed E-state index contributed by atoms with van der Waals surface area (Å²) in [5, 5.41) is 5.05. The molecule has 0 aliphatic carbocycles. The van der Waals surface area contributed by atoms with Gasteiger partial charge in [-0.2, -0.15) is 0 Å². The third-order valence-corrected chi connectivity index (χ3v) is 5.19. The summed E-state index contributed by atoms with van der Waals surface area (Å²) in [6.45, 7) is 2.98. The molecule has 5 nitrogen and oxygen atoms in total. The van der Waals surface area contributed by atoms with E-state index in [2.05, 4.69) is 22.8 Å². The number of amides is 1. The summed E-state index contributed by atoms with van der Waals surface area (Å²) >= 11 is 1.74. The molecule has 134 valence electrons. The van der Waals surface area contributed by atoms with Crippen LogP contribution in [-0.2, 0) is 16.1 Å². The van der Waals surface area contributed by atoms with Crippen LogP contribution in [0.3, 0.4) is 0 Å². The zero-order chi connectivity index (χ0) is 17.5. The van der Waals surface area contributed by atoms with Crippen LogP contribution in [0.25, 0.3) is 0 Å². The predicted molar refractivity (Wildman–Crippen MR) is 99.3 cm³/mol. The summed E-state index contributed by atoms with van der Waals surface area (Å²) in [7, 11) is 1.62. The number of ether oxygens (including phenoxy) is 2. The lowest BCUT2D eigenvalue weighted by Gasteiger charge is -2.21. The molecule has 6 heteroatoms. The van der Waals surface area contributed by atoms with E-state index in [0.29, 0.717) is 6.54 Å². The number of carbonyl (C=O) groups is 1. The fraction of sp³-hybridized carbons (Fsp3) is 0.421. The Morgan fingerprint density at radius 3 is 3.04 bits per heavy atom. The van der Waals surface area contributed by atoms with Crippen LogP contribution in [0.2, 0.25) is 0 Å². The van der Waals surface area contributed by atoms with Gasteiger partial charge in [-0.15, -0.1) is 11.3 Å². The van der Waals surface area contributed by atoms with Crippen LogP contribution in [0, 0.1) is 0 Å². The molecule has 1 unspecified atom stereocenters. The number of nitrogens with one attached hydrogen (secondary N) is 2. The molecule has 1 aliphatic rings. The topological polar surface area (TPSA) is 52.0 Å². The maximum atomic E-state index is 12.5. The van der Waals surface area contributed by atoms with Crippen LogP contribution >= 0.6 is 11.3 Å². The molecule has 1 fully saturated rings. The Morgan fingerprint density at radius 2 is 2.32 bits per heavy atom. The van der Waals surface area contributed by atoms with Crippen LogP contribution in [-0.4, -0.2) is 38.8 Å². The van der Waals surface area contributed by atoms with Crippen molar-refractivity contribution in [2.75, 3.05) is 32.1 Å². The molecular formula is C19H25N2O3S+. The Balaban J connectivity index is 1.60. The molecule has 0 saturated carbocycles. The van der Waals surface area contributed by atoms with E-state index in [1.807, 2.05) is 24.3 Å². The molecule has 3 rings (SSSR count). The molecule has 0 radical (unpaired) electrons. The Kier molecular flexibility index (Phi) is 6.44. The molecule has 1 aromatic heterocycles. The second-order valence-electron chi connectivity index (χ2n) is 6.30. The smallest absolute Gasteiger partial charge is 0.279 e. The maximum absolute atomic E-state index is 12.5. The second kappa shape index (κ2) is 8.99.